The Hall–Kier alpha value is -5.92. The van der Waals surface area contributed by atoms with Gasteiger partial charge < -0.3 is 4.42 Å². The Bertz CT molecular complexity index is 2760. The summed E-state index contributed by atoms with van der Waals surface area (Å²) in [5, 5.41) is 14.9. The molecule has 9 aromatic carbocycles. The Morgan fingerprint density at radius 2 is 0.911 bits per heavy atom. The van der Waals surface area contributed by atoms with Crippen molar-refractivity contribution in [1.29, 1.82) is 0 Å². The molecule has 0 atom stereocenters. The Morgan fingerprint density at radius 3 is 1.69 bits per heavy atom. The van der Waals surface area contributed by atoms with Crippen LogP contribution in [0.4, 0.5) is 0 Å². The molecule has 0 amide bonds. The Kier molecular flexibility index (Phi) is 5.06. The zero-order chi connectivity index (χ0) is 29.5. The lowest BCUT2D eigenvalue weighted by atomic mass is 9.84. The average molecular weight is 571 g/mol. The summed E-state index contributed by atoms with van der Waals surface area (Å²) in [7, 11) is 0. The fourth-order valence-corrected chi connectivity index (χ4v) is 7.61. The zero-order valence-electron chi connectivity index (χ0n) is 24.4. The van der Waals surface area contributed by atoms with E-state index in [9.17, 15) is 0 Å². The van der Waals surface area contributed by atoms with Crippen molar-refractivity contribution in [3.8, 4) is 22.3 Å². The number of hydrogen-bond acceptors (Lipinski definition) is 1. The lowest BCUT2D eigenvalue weighted by Crippen LogP contribution is -1.92. The first-order valence-corrected chi connectivity index (χ1v) is 15.5. The number of para-hydroxylation sites is 1. The molecular weight excluding hydrogens is 544 g/mol. The fraction of sp³-hybridized carbons (Fsp3) is 0. The lowest BCUT2D eigenvalue weighted by Gasteiger charge is -2.19. The first-order valence-electron chi connectivity index (χ1n) is 15.5. The largest absolute Gasteiger partial charge is 0.456 e. The van der Waals surface area contributed by atoms with Gasteiger partial charge in [0.1, 0.15) is 11.2 Å². The van der Waals surface area contributed by atoms with E-state index in [0.29, 0.717) is 0 Å². The predicted octanol–water partition coefficient (Wildman–Crippen LogP) is 12.7. The van der Waals surface area contributed by atoms with E-state index in [-0.39, 0.29) is 0 Å². The van der Waals surface area contributed by atoms with Crippen LogP contribution in [0.1, 0.15) is 0 Å². The molecule has 0 spiro atoms. The number of rotatable bonds is 2. The van der Waals surface area contributed by atoms with Gasteiger partial charge in [-0.05, 0) is 100 Å². The molecule has 1 heteroatoms. The predicted molar refractivity (Wildman–Crippen MR) is 192 cm³/mol. The van der Waals surface area contributed by atoms with Crippen molar-refractivity contribution >= 4 is 75.8 Å². The number of benzene rings is 9. The highest BCUT2D eigenvalue weighted by Gasteiger charge is 2.19. The number of hydrogen-bond donors (Lipinski definition) is 0. The third-order valence-electron chi connectivity index (χ3n) is 9.61. The average Bonchev–Trinajstić information content (AvgIpc) is 3.46. The molecule has 0 aliphatic heterocycles. The van der Waals surface area contributed by atoms with Crippen molar-refractivity contribution in [2.24, 2.45) is 0 Å². The molecule has 208 valence electrons. The highest BCUT2D eigenvalue weighted by molar-refractivity contribution is 6.25. The molecule has 1 nitrogen and oxygen atoms in total. The van der Waals surface area contributed by atoms with Crippen molar-refractivity contribution in [1.82, 2.24) is 0 Å². The fourth-order valence-electron chi connectivity index (χ4n) is 7.61. The standard InChI is InChI=1S/C44H26O/c1-2-11-31-27(10-1)22-23-33-32(31)17-9-18-35(33)44-38-15-5-3-13-36(38)43(37-14-4-6-16-39(37)44)29-21-20-28-25-40-34-12-7-8-19-41(34)45-42(40)26-30(28)24-29/h1-26H. The van der Waals surface area contributed by atoms with Crippen molar-refractivity contribution in [3.05, 3.63) is 158 Å². The maximum absolute atomic E-state index is 6.27. The molecule has 0 aliphatic rings. The second-order valence-electron chi connectivity index (χ2n) is 12.0. The first-order chi connectivity index (χ1) is 22.3. The minimum absolute atomic E-state index is 0.925. The first kappa shape index (κ1) is 24.5. The van der Waals surface area contributed by atoms with Crippen LogP contribution >= 0.6 is 0 Å². The molecule has 0 fully saturated rings. The third kappa shape index (κ3) is 3.56. The van der Waals surface area contributed by atoms with E-state index in [1.807, 2.05) is 12.1 Å². The van der Waals surface area contributed by atoms with E-state index in [2.05, 4.69) is 146 Å². The van der Waals surface area contributed by atoms with Crippen molar-refractivity contribution in [2.75, 3.05) is 0 Å². The molecule has 0 N–H and O–H groups in total. The summed E-state index contributed by atoms with van der Waals surface area (Å²) in [6, 6.07) is 57.5. The third-order valence-corrected chi connectivity index (χ3v) is 9.61. The summed E-state index contributed by atoms with van der Waals surface area (Å²) in [6.07, 6.45) is 0. The molecule has 0 radical (unpaired) electrons. The van der Waals surface area contributed by atoms with E-state index in [1.165, 1.54) is 76.1 Å². The summed E-state index contributed by atoms with van der Waals surface area (Å²) in [4.78, 5) is 0. The Morgan fingerprint density at radius 1 is 0.289 bits per heavy atom. The van der Waals surface area contributed by atoms with Gasteiger partial charge >= 0.3 is 0 Å². The topological polar surface area (TPSA) is 13.1 Å². The van der Waals surface area contributed by atoms with E-state index in [4.69, 9.17) is 4.42 Å². The van der Waals surface area contributed by atoms with E-state index in [1.54, 1.807) is 0 Å². The molecular formula is C44H26O. The summed E-state index contributed by atoms with van der Waals surface area (Å²) in [5.74, 6) is 0. The van der Waals surface area contributed by atoms with Gasteiger partial charge in [-0.15, -0.1) is 0 Å². The van der Waals surface area contributed by atoms with Crippen LogP contribution in [0.3, 0.4) is 0 Å². The van der Waals surface area contributed by atoms with Crippen LogP contribution in [-0.4, -0.2) is 0 Å². The van der Waals surface area contributed by atoms with Gasteiger partial charge in [-0.1, -0.05) is 133 Å². The van der Waals surface area contributed by atoms with Crippen LogP contribution in [0.15, 0.2) is 162 Å². The molecule has 10 aromatic rings. The molecule has 0 saturated heterocycles. The second-order valence-corrected chi connectivity index (χ2v) is 12.0. The molecule has 1 heterocycles. The molecule has 0 bridgehead atoms. The smallest absolute Gasteiger partial charge is 0.136 e. The van der Waals surface area contributed by atoms with Crippen LogP contribution < -0.4 is 0 Å². The Labute approximate surface area is 259 Å². The van der Waals surface area contributed by atoms with Gasteiger partial charge in [-0.25, -0.2) is 0 Å². The molecule has 0 unspecified atom stereocenters. The summed E-state index contributed by atoms with van der Waals surface area (Å²) in [6.45, 7) is 0. The minimum atomic E-state index is 0.925. The van der Waals surface area contributed by atoms with Gasteiger partial charge in [-0.3, -0.25) is 0 Å². The van der Waals surface area contributed by atoms with Gasteiger partial charge in [0.25, 0.3) is 0 Å². The quantitative estimate of drug-likeness (QED) is 0.149. The van der Waals surface area contributed by atoms with Gasteiger partial charge in [0.2, 0.25) is 0 Å². The van der Waals surface area contributed by atoms with E-state index in [0.717, 1.165) is 21.9 Å². The molecule has 1 aromatic heterocycles. The normalized spacial score (nSPS) is 12.0. The van der Waals surface area contributed by atoms with Gasteiger partial charge in [0.15, 0.2) is 0 Å². The number of furan rings is 1. The van der Waals surface area contributed by atoms with Gasteiger partial charge in [0.05, 0.1) is 0 Å². The molecule has 45 heavy (non-hydrogen) atoms. The van der Waals surface area contributed by atoms with Crippen LogP contribution in [0, 0.1) is 0 Å². The zero-order valence-corrected chi connectivity index (χ0v) is 24.4. The van der Waals surface area contributed by atoms with Crippen LogP contribution in [0.5, 0.6) is 0 Å². The van der Waals surface area contributed by atoms with Gasteiger partial charge in [0, 0.05) is 10.8 Å². The highest BCUT2D eigenvalue weighted by Crippen LogP contribution is 2.46. The van der Waals surface area contributed by atoms with Gasteiger partial charge in [-0.2, -0.15) is 0 Å². The second kappa shape index (κ2) is 9.29. The van der Waals surface area contributed by atoms with Crippen molar-refractivity contribution < 1.29 is 4.42 Å². The molecule has 10 rings (SSSR count). The monoisotopic (exact) mass is 570 g/mol. The van der Waals surface area contributed by atoms with Crippen LogP contribution in [-0.2, 0) is 0 Å². The summed E-state index contributed by atoms with van der Waals surface area (Å²) in [5.41, 5.74) is 6.88. The maximum atomic E-state index is 6.27. The van der Waals surface area contributed by atoms with Crippen molar-refractivity contribution in [2.45, 2.75) is 0 Å². The maximum Gasteiger partial charge on any atom is 0.136 e. The van der Waals surface area contributed by atoms with Crippen LogP contribution in [0.2, 0.25) is 0 Å². The Balaban J connectivity index is 1.28. The van der Waals surface area contributed by atoms with Crippen molar-refractivity contribution in [3.63, 3.8) is 0 Å². The SMILES string of the molecule is c1ccc2c(c1)ccc1c(-c3c4ccccc4c(-c4ccc5cc6c(cc5c4)oc4ccccc46)c4ccccc34)cccc12. The minimum Gasteiger partial charge on any atom is -0.456 e. The molecule has 0 saturated carbocycles. The van der Waals surface area contributed by atoms with E-state index < -0.39 is 0 Å². The summed E-state index contributed by atoms with van der Waals surface area (Å²) < 4.78 is 6.27. The summed E-state index contributed by atoms with van der Waals surface area (Å²) >= 11 is 0. The van der Waals surface area contributed by atoms with E-state index >= 15 is 0 Å². The number of fused-ring (bicyclic) bond motifs is 9. The van der Waals surface area contributed by atoms with Crippen LogP contribution in [0.25, 0.3) is 98.1 Å². The highest BCUT2D eigenvalue weighted by atomic mass is 16.3. The lowest BCUT2D eigenvalue weighted by molar-refractivity contribution is 0.669. The molecule has 0 aliphatic carbocycles.